The quantitative estimate of drug-likeness (QED) is 0.263. The molecule has 0 atom stereocenters. The molecule has 10 nitrogen and oxygen atoms in total. The molecule has 2 saturated heterocycles. The number of methoxy groups -OCH3 is 1. The van der Waals surface area contributed by atoms with E-state index in [0.29, 0.717) is 28.5 Å². The zero-order valence-corrected chi connectivity index (χ0v) is 26.0. The van der Waals surface area contributed by atoms with Gasteiger partial charge in [0.1, 0.15) is 45.9 Å². The van der Waals surface area contributed by atoms with Gasteiger partial charge in [0.2, 0.25) is 5.88 Å². The normalized spacial score (nSPS) is 17.0. The van der Waals surface area contributed by atoms with Gasteiger partial charge in [-0.3, -0.25) is 4.72 Å². The Labute approximate surface area is 261 Å². The zero-order valence-electron chi connectivity index (χ0n) is 25.2. The van der Waals surface area contributed by atoms with Crippen LogP contribution in [0.15, 0.2) is 53.8 Å². The lowest BCUT2D eigenvalue weighted by molar-refractivity contribution is 0.0881. The van der Waals surface area contributed by atoms with Gasteiger partial charge in [-0.1, -0.05) is 0 Å². The van der Waals surface area contributed by atoms with E-state index in [0.717, 1.165) is 74.7 Å². The SMILES string of the molecule is COc1ncc(-c2cc(OC3CCN(CC4CCNCC4)CC3)c3ncnc(C)c3c2)cc1NS(=O)(=O)c1ccc(F)cc1F. The van der Waals surface area contributed by atoms with Gasteiger partial charge in [0.25, 0.3) is 10.0 Å². The van der Waals surface area contributed by atoms with Gasteiger partial charge in [-0.25, -0.2) is 32.2 Å². The van der Waals surface area contributed by atoms with Crippen molar-refractivity contribution in [3.8, 4) is 22.8 Å². The number of sulfonamides is 1. The molecule has 6 rings (SSSR count). The van der Waals surface area contributed by atoms with Gasteiger partial charge in [-0.15, -0.1) is 0 Å². The third-order valence-electron chi connectivity index (χ3n) is 8.51. The lowest BCUT2D eigenvalue weighted by atomic mass is 9.96. The van der Waals surface area contributed by atoms with Gasteiger partial charge in [0, 0.05) is 48.5 Å². The summed E-state index contributed by atoms with van der Waals surface area (Å²) in [7, 11) is -3.09. The van der Waals surface area contributed by atoms with Crippen LogP contribution in [-0.2, 0) is 10.0 Å². The summed E-state index contributed by atoms with van der Waals surface area (Å²) in [5.41, 5.74) is 2.70. The minimum absolute atomic E-state index is 0.0107. The van der Waals surface area contributed by atoms with E-state index >= 15 is 0 Å². The molecule has 0 spiro atoms. The number of nitrogens with zero attached hydrogens (tertiary/aromatic N) is 4. The lowest BCUT2D eigenvalue weighted by Gasteiger charge is -2.35. The van der Waals surface area contributed by atoms with Gasteiger partial charge in [0.05, 0.1) is 7.11 Å². The van der Waals surface area contributed by atoms with Gasteiger partial charge >= 0.3 is 0 Å². The van der Waals surface area contributed by atoms with Crippen molar-refractivity contribution in [3.63, 3.8) is 0 Å². The molecule has 0 aliphatic carbocycles. The molecule has 2 aliphatic heterocycles. The van der Waals surface area contributed by atoms with E-state index in [1.54, 1.807) is 12.3 Å². The van der Waals surface area contributed by atoms with Gasteiger partial charge in [-0.2, -0.15) is 0 Å². The molecular weight excluding hydrogens is 602 g/mol. The number of aryl methyl sites for hydroxylation is 1. The molecule has 0 radical (unpaired) electrons. The summed E-state index contributed by atoms with van der Waals surface area (Å²) in [6.45, 7) is 7.16. The van der Waals surface area contributed by atoms with Crippen molar-refractivity contribution in [2.24, 2.45) is 5.92 Å². The highest BCUT2D eigenvalue weighted by Gasteiger charge is 2.26. The van der Waals surface area contributed by atoms with Crippen molar-refractivity contribution in [1.29, 1.82) is 0 Å². The molecule has 238 valence electrons. The third kappa shape index (κ3) is 7.00. The first-order valence-electron chi connectivity index (χ1n) is 15.1. The summed E-state index contributed by atoms with van der Waals surface area (Å²) in [6, 6.07) is 7.58. The second-order valence-corrected chi connectivity index (χ2v) is 13.3. The largest absolute Gasteiger partial charge is 0.488 e. The van der Waals surface area contributed by atoms with Gasteiger partial charge < -0.3 is 19.7 Å². The first-order valence-corrected chi connectivity index (χ1v) is 16.6. The number of rotatable bonds is 9. The summed E-state index contributed by atoms with van der Waals surface area (Å²) in [5, 5.41) is 4.23. The molecule has 0 amide bonds. The molecular formula is C32H36F2N6O4S. The first-order chi connectivity index (χ1) is 21.7. The first kappa shape index (κ1) is 31.1. The summed E-state index contributed by atoms with van der Waals surface area (Å²) < 4.78 is 68.2. The van der Waals surface area contributed by atoms with Crippen LogP contribution >= 0.6 is 0 Å². The van der Waals surface area contributed by atoms with E-state index in [9.17, 15) is 17.2 Å². The maximum absolute atomic E-state index is 14.4. The molecule has 0 bridgehead atoms. The van der Waals surface area contributed by atoms with Crippen LogP contribution < -0.4 is 19.5 Å². The highest BCUT2D eigenvalue weighted by Crippen LogP contribution is 2.36. The Morgan fingerprint density at radius 2 is 1.78 bits per heavy atom. The maximum Gasteiger partial charge on any atom is 0.264 e. The van der Waals surface area contributed by atoms with Crippen LogP contribution in [0.25, 0.3) is 22.0 Å². The number of hydrogen-bond donors (Lipinski definition) is 2. The minimum Gasteiger partial charge on any atom is -0.488 e. The van der Waals surface area contributed by atoms with Gasteiger partial charge in [-0.05, 0) is 87.5 Å². The van der Waals surface area contributed by atoms with Crippen molar-refractivity contribution < 1.29 is 26.7 Å². The average molecular weight is 639 g/mol. The monoisotopic (exact) mass is 638 g/mol. The van der Waals surface area contributed by atoms with E-state index in [1.165, 1.54) is 26.3 Å². The molecule has 2 N–H and O–H groups in total. The highest BCUT2D eigenvalue weighted by molar-refractivity contribution is 7.92. The highest BCUT2D eigenvalue weighted by atomic mass is 32.2. The van der Waals surface area contributed by atoms with Crippen LogP contribution in [0.2, 0.25) is 0 Å². The van der Waals surface area contributed by atoms with Crippen LogP contribution in [0.4, 0.5) is 14.5 Å². The van der Waals surface area contributed by atoms with Crippen LogP contribution in [-0.4, -0.2) is 74.2 Å². The molecule has 13 heteroatoms. The number of likely N-dealkylation sites (tertiary alicyclic amines) is 1. The molecule has 4 heterocycles. The zero-order chi connectivity index (χ0) is 31.6. The van der Waals surface area contributed by atoms with E-state index in [2.05, 4.69) is 29.9 Å². The van der Waals surface area contributed by atoms with E-state index in [1.807, 2.05) is 19.1 Å². The predicted molar refractivity (Wildman–Crippen MR) is 167 cm³/mol. The summed E-state index contributed by atoms with van der Waals surface area (Å²) in [5.74, 6) is -0.765. The number of nitrogens with one attached hydrogen (secondary N) is 2. The topological polar surface area (TPSA) is 119 Å². The number of benzene rings is 2. The molecule has 2 fully saturated rings. The number of halogens is 2. The summed E-state index contributed by atoms with van der Waals surface area (Å²) >= 11 is 0. The summed E-state index contributed by atoms with van der Waals surface area (Å²) in [4.78, 5) is 15.1. The fourth-order valence-corrected chi connectivity index (χ4v) is 7.18. The Bertz CT molecular complexity index is 1790. The molecule has 4 aromatic rings. The van der Waals surface area contributed by atoms with Crippen molar-refractivity contribution in [3.05, 3.63) is 66.3 Å². The smallest absolute Gasteiger partial charge is 0.264 e. The fraction of sp³-hybridized carbons (Fsp3) is 0.406. The van der Waals surface area contributed by atoms with Gasteiger partial charge in [0.15, 0.2) is 0 Å². The number of pyridine rings is 1. The number of anilines is 1. The van der Waals surface area contributed by atoms with Crippen molar-refractivity contribution >= 4 is 26.6 Å². The Morgan fingerprint density at radius 1 is 1.00 bits per heavy atom. The molecule has 2 aromatic carbocycles. The van der Waals surface area contributed by atoms with E-state index in [4.69, 9.17) is 9.47 Å². The second kappa shape index (κ2) is 13.2. The van der Waals surface area contributed by atoms with Crippen LogP contribution in [0.1, 0.15) is 31.4 Å². The lowest BCUT2D eigenvalue weighted by Crippen LogP contribution is -2.42. The van der Waals surface area contributed by atoms with Crippen molar-refractivity contribution in [2.45, 2.75) is 43.6 Å². The Morgan fingerprint density at radius 3 is 2.51 bits per heavy atom. The molecule has 2 aromatic heterocycles. The van der Waals surface area contributed by atoms with Crippen LogP contribution in [0, 0.1) is 24.5 Å². The van der Waals surface area contributed by atoms with Crippen LogP contribution in [0.3, 0.4) is 0 Å². The Balaban J connectivity index is 1.27. The fourth-order valence-electron chi connectivity index (χ4n) is 6.07. The standard InChI is InChI=1S/C32H36F2N6O4S/c1-20-26-13-22(23-14-28(32(43-2)36-17-23)39-45(41,42)30-4-3-24(33)16-27(30)34)15-29(31(26)38-19-37-20)44-25-7-11-40(12-8-25)18-21-5-9-35-10-6-21/h3-4,13-17,19,21,25,35,39H,5-12,18H2,1-2H3. The Hall–Kier alpha value is -3.94. The third-order valence-corrected chi connectivity index (χ3v) is 9.91. The molecule has 0 saturated carbocycles. The number of aromatic nitrogens is 3. The molecule has 2 aliphatic rings. The number of piperidine rings is 2. The number of fused-ring (bicyclic) bond motifs is 1. The van der Waals surface area contributed by atoms with Crippen molar-refractivity contribution in [1.82, 2.24) is 25.2 Å². The van der Waals surface area contributed by atoms with E-state index < -0.39 is 26.6 Å². The summed E-state index contributed by atoms with van der Waals surface area (Å²) in [6.07, 6.45) is 7.33. The van der Waals surface area contributed by atoms with Crippen molar-refractivity contribution in [2.75, 3.05) is 44.6 Å². The molecule has 45 heavy (non-hydrogen) atoms. The Kier molecular flexibility index (Phi) is 9.11. The molecule has 0 unspecified atom stereocenters. The predicted octanol–water partition coefficient (Wildman–Crippen LogP) is 4.93. The second-order valence-electron chi connectivity index (χ2n) is 11.6. The number of ether oxygens (including phenoxy) is 2. The maximum atomic E-state index is 14.4. The van der Waals surface area contributed by atoms with E-state index in [-0.39, 0.29) is 17.7 Å². The minimum atomic E-state index is -4.44. The average Bonchev–Trinajstić information content (AvgIpc) is 3.02. The van der Waals surface area contributed by atoms with Crippen LogP contribution in [0.5, 0.6) is 11.6 Å². The number of hydrogen-bond acceptors (Lipinski definition) is 9.